The summed E-state index contributed by atoms with van der Waals surface area (Å²) in [5.74, 6) is -0.541. The molecule has 0 radical (unpaired) electrons. The summed E-state index contributed by atoms with van der Waals surface area (Å²) in [6.45, 7) is 2.72. The average molecular weight is 314 g/mol. The molecular weight excluding hydrogens is 294 g/mol. The first-order chi connectivity index (χ1) is 10.0. The fourth-order valence-corrected chi connectivity index (χ4v) is 2.72. The molecule has 0 bridgehead atoms. The molecule has 6 nitrogen and oxygen atoms in total. The van der Waals surface area contributed by atoms with Gasteiger partial charge in [-0.3, -0.25) is 9.59 Å². The van der Waals surface area contributed by atoms with Gasteiger partial charge in [-0.15, -0.1) is 0 Å². The van der Waals surface area contributed by atoms with E-state index in [9.17, 15) is 9.59 Å². The maximum Gasteiger partial charge on any atom is 0.327 e. The van der Waals surface area contributed by atoms with Crippen molar-refractivity contribution in [1.29, 1.82) is 0 Å². The lowest BCUT2D eigenvalue weighted by Crippen LogP contribution is -2.36. The molecule has 1 N–H and O–H groups in total. The highest BCUT2D eigenvalue weighted by atomic mass is 35.5. The molecule has 1 saturated carbocycles. The molecule has 2 rings (SSSR count). The van der Waals surface area contributed by atoms with Gasteiger partial charge in [-0.1, -0.05) is 24.9 Å². The molecule has 116 valence electrons. The lowest BCUT2D eigenvalue weighted by Gasteiger charge is -2.41. The number of aromatic nitrogens is 2. The minimum absolute atomic E-state index is 0.0551. The standard InChI is InChI=1S/C14H20ClN3O3/c1-3-14(5-4-6-14)9-16-10-7-17-18(8-11(19)21-2)13(20)12(10)15/h7,16H,3-6,8-9H2,1-2H3. The number of nitrogens with zero attached hydrogens (tertiary/aromatic N) is 2. The van der Waals surface area contributed by atoms with E-state index in [0.717, 1.165) is 17.6 Å². The van der Waals surface area contributed by atoms with Crippen molar-refractivity contribution in [3.63, 3.8) is 0 Å². The van der Waals surface area contributed by atoms with Gasteiger partial charge in [0.25, 0.3) is 5.56 Å². The SMILES string of the molecule is CCC1(CNc2cnn(CC(=O)OC)c(=O)c2Cl)CCC1. The van der Waals surface area contributed by atoms with Gasteiger partial charge in [0, 0.05) is 6.54 Å². The van der Waals surface area contributed by atoms with Gasteiger partial charge in [0.05, 0.1) is 19.0 Å². The number of ether oxygens (including phenoxy) is 1. The summed E-state index contributed by atoms with van der Waals surface area (Å²) in [5, 5.41) is 7.23. The van der Waals surface area contributed by atoms with Crippen LogP contribution in [-0.4, -0.2) is 29.4 Å². The summed E-state index contributed by atoms with van der Waals surface area (Å²) in [5.41, 5.74) is 0.332. The van der Waals surface area contributed by atoms with Crippen LogP contribution in [0.3, 0.4) is 0 Å². The lowest BCUT2D eigenvalue weighted by atomic mass is 9.67. The summed E-state index contributed by atoms with van der Waals surface area (Å²) in [6.07, 6.45) is 6.23. The molecule has 0 amide bonds. The fraction of sp³-hybridized carbons (Fsp3) is 0.643. The Kier molecular flexibility index (Phi) is 4.88. The highest BCUT2D eigenvalue weighted by Gasteiger charge is 2.34. The molecule has 0 aliphatic heterocycles. The van der Waals surface area contributed by atoms with E-state index in [2.05, 4.69) is 22.1 Å². The van der Waals surface area contributed by atoms with Crippen molar-refractivity contribution in [2.24, 2.45) is 5.41 Å². The molecule has 1 aromatic heterocycles. The van der Waals surface area contributed by atoms with E-state index < -0.39 is 11.5 Å². The lowest BCUT2D eigenvalue weighted by molar-refractivity contribution is -0.141. The zero-order valence-electron chi connectivity index (χ0n) is 12.3. The number of carbonyl (C=O) groups excluding carboxylic acids is 1. The molecule has 0 atom stereocenters. The number of esters is 1. The Labute approximate surface area is 128 Å². The molecule has 0 aromatic carbocycles. The second-order valence-electron chi connectivity index (χ2n) is 5.47. The molecular formula is C14H20ClN3O3. The number of carbonyl (C=O) groups is 1. The zero-order chi connectivity index (χ0) is 15.5. The van der Waals surface area contributed by atoms with Crippen molar-refractivity contribution in [2.75, 3.05) is 19.0 Å². The molecule has 7 heteroatoms. The monoisotopic (exact) mass is 313 g/mol. The first kappa shape index (κ1) is 15.8. The van der Waals surface area contributed by atoms with Gasteiger partial charge in [0.15, 0.2) is 0 Å². The van der Waals surface area contributed by atoms with E-state index in [0.29, 0.717) is 11.1 Å². The van der Waals surface area contributed by atoms with Crippen molar-refractivity contribution in [2.45, 2.75) is 39.2 Å². The van der Waals surface area contributed by atoms with Crippen LogP contribution in [0.25, 0.3) is 0 Å². The molecule has 0 unspecified atom stereocenters. The fourth-order valence-electron chi connectivity index (χ4n) is 2.50. The number of hydrogen-bond donors (Lipinski definition) is 1. The van der Waals surface area contributed by atoms with E-state index in [1.165, 1.54) is 32.6 Å². The van der Waals surface area contributed by atoms with Crippen LogP contribution in [0.4, 0.5) is 5.69 Å². The molecule has 1 aromatic rings. The molecule has 21 heavy (non-hydrogen) atoms. The summed E-state index contributed by atoms with van der Waals surface area (Å²) in [7, 11) is 1.26. The number of hydrogen-bond acceptors (Lipinski definition) is 5. The third kappa shape index (κ3) is 3.37. The Morgan fingerprint density at radius 3 is 2.81 bits per heavy atom. The first-order valence-corrected chi connectivity index (χ1v) is 7.45. The molecule has 1 fully saturated rings. The van der Waals surface area contributed by atoms with Crippen LogP contribution in [-0.2, 0) is 16.1 Å². The highest BCUT2D eigenvalue weighted by molar-refractivity contribution is 6.32. The molecule has 0 saturated heterocycles. The number of anilines is 1. The number of methoxy groups -OCH3 is 1. The quantitative estimate of drug-likeness (QED) is 0.814. The molecule has 1 heterocycles. The van der Waals surface area contributed by atoms with Gasteiger partial charge in [-0.2, -0.15) is 5.10 Å². The summed E-state index contributed by atoms with van der Waals surface area (Å²) in [4.78, 5) is 23.2. The average Bonchev–Trinajstić information content (AvgIpc) is 2.45. The maximum absolute atomic E-state index is 12.0. The van der Waals surface area contributed by atoms with Gasteiger partial charge in [0.2, 0.25) is 0 Å². The van der Waals surface area contributed by atoms with Crippen molar-refractivity contribution in [1.82, 2.24) is 9.78 Å². The summed E-state index contributed by atoms with van der Waals surface area (Å²) in [6, 6.07) is 0. The number of halogens is 1. The van der Waals surface area contributed by atoms with Crippen LogP contribution in [0.5, 0.6) is 0 Å². The van der Waals surface area contributed by atoms with Gasteiger partial charge >= 0.3 is 5.97 Å². The van der Waals surface area contributed by atoms with Gasteiger partial charge in [0.1, 0.15) is 11.6 Å². The summed E-state index contributed by atoms with van der Waals surface area (Å²) >= 11 is 6.07. The Morgan fingerprint density at radius 2 is 2.29 bits per heavy atom. The Hall–Kier alpha value is -1.56. The second-order valence-corrected chi connectivity index (χ2v) is 5.85. The van der Waals surface area contributed by atoms with E-state index in [-0.39, 0.29) is 11.6 Å². The van der Waals surface area contributed by atoms with Gasteiger partial charge < -0.3 is 10.1 Å². The highest BCUT2D eigenvalue weighted by Crippen LogP contribution is 2.43. The first-order valence-electron chi connectivity index (χ1n) is 7.07. The van der Waals surface area contributed by atoms with Crippen LogP contribution in [0.15, 0.2) is 11.0 Å². The van der Waals surface area contributed by atoms with E-state index in [1.54, 1.807) is 0 Å². The van der Waals surface area contributed by atoms with Crippen molar-refractivity contribution in [3.8, 4) is 0 Å². The number of nitrogens with one attached hydrogen (secondary N) is 1. The van der Waals surface area contributed by atoms with E-state index in [1.807, 2.05) is 0 Å². The predicted molar refractivity (Wildman–Crippen MR) is 80.6 cm³/mol. The minimum Gasteiger partial charge on any atom is -0.468 e. The summed E-state index contributed by atoms with van der Waals surface area (Å²) < 4.78 is 5.51. The third-order valence-electron chi connectivity index (χ3n) is 4.31. The smallest absolute Gasteiger partial charge is 0.327 e. The van der Waals surface area contributed by atoms with Crippen LogP contribution in [0, 0.1) is 5.41 Å². The van der Waals surface area contributed by atoms with Crippen molar-refractivity contribution in [3.05, 3.63) is 21.6 Å². The van der Waals surface area contributed by atoms with Crippen LogP contribution in [0.1, 0.15) is 32.6 Å². The maximum atomic E-state index is 12.0. The van der Waals surface area contributed by atoms with Crippen LogP contribution >= 0.6 is 11.6 Å². The Morgan fingerprint density at radius 1 is 1.57 bits per heavy atom. The normalized spacial score (nSPS) is 16.1. The molecule has 1 aliphatic carbocycles. The largest absolute Gasteiger partial charge is 0.468 e. The Balaban J connectivity index is 2.09. The molecule has 1 aliphatic rings. The zero-order valence-corrected chi connectivity index (χ0v) is 13.1. The second kappa shape index (κ2) is 6.47. The Bertz CT molecular complexity index is 576. The van der Waals surface area contributed by atoms with E-state index >= 15 is 0 Å². The number of rotatable bonds is 6. The van der Waals surface area contributed by atoms with Crippen molar-refractivity contribution >= 4 is 23.3 Å². The molecule has 0 spiro atoms. The topological polar surface area (TPSA) is 73.2 Å². The van der Waals surface area contributed by atoms with Gasteiger partial charge in [-0.05, 0) is 24.7 Å². The van der Waals surface area contributed by atoms with Crippen LogP contribution < -0.4 is 10.9 Å². The van der Waals surface area contributed by atoms with Gasteiger partial charge in [-0.25, -0.2) is 4.68 Å². The third-order valence-corrected chi connectivity index (χ3v) is 4.67. The van der Waals surface area contributed by atoms with Crippen LogP contribution in [0.2, 0.25) is 5.02 Å². The minimum atomic E-state index is -0.541. The van der Waals surface area contributed by atoms with Crippen molar-refractivity contribution < 1.29 is 9.53 Å². The van der Waals surface area contributed by atoms with E-state index in [4.69, 9.17) is 11.6 Å². The predicted octanol–water partition coefficient (Wildman–Crippen LogP) is 2.06.